The van der Waals surface area contributed by atoms with Crippen LogP contribution in [0.1, 0.15) is 26.2 Å². The van der Waals surface area contributed by atoms with Crippen LogP contribution in [-0.4, -0.2) is 50.2 Å². The minimum Gasteiger partial charge on any atom is -0.385 e. The zero-order valence-corrected chi connectivity index (χ0v) is 9.79. The lowest BCUT2D eigenvalue weighted by Gasteiger charge is -2.34. The molecule has 0 aromatic heterocycles. The van der Waals surface area contributed by atoms with E-state index in [2.05, 4.69) is 12.2 Å². The van der Waals surface area contributed by atoms with Crippen LogP contribution in [0.4, 0.5) is 0 Å². The number of rotatable bonds is 5. The van der Waals surface area contributed by atoms with Crippen molar-refractivity contribution in [1.82, 2.24) is 10.2 Å². The maximum Gasteiger partial charge on any atom is 0.222 e. The summed E-state index contributed by atoms with van der Waals surface area (Å²) in [6.45, 7) is 5.55. The molecule has 1 aliphatic rings. The quantitative estimate of drug-likeness (QED) is 0.682. The van der Waals surface area contributed by atoms with Gasteiger partial charge in [0.05, 0.1) is 0 Å². The lowest BCUT2D eigenvalue weighted by Crippen LogP contribution is -2.52. The number of carbonyl (C=O) groups is 1. The number of piperazine rings is 1. The topological polar surface area (TPSA) is 41.6 Å². The first-order valence-electron chi connectivity index (χ1n) is 5.75. The summed E-state index contributed by atoms with van der Waals surface area (Å²) in [5, 5.41) is 3.28. The van der Waals surface area contributed by atoms with E-state index in [4.69, 9.17) is 4.74 Å². The Morgan fingerprint density at radius 1 is 1.53 bits per heavy atom. The van der Waals surface area contributed by atoms with Crippen LogP contribution in [0, 0.1) is 0 Å². The molecule has 1 amide bonds. The Morgan fingerprint density at radius 3 is 3.00 bits per heavy atom. The fraction of sp³-hybridized carbons (Fsp3) is 0.909. The summed E-state index contributed by atoms with van der Waals surface area (Å²) in [6.07, 6.45) is 2.57. The molecule has 0 bridgehead atoms. The van der Waals surface area contributed by atoms with Crippen LogP contribution in [0.3, 0.4) is 0 Å². The highest BCUT2D eigenvalue weighted by atomic mass is 16.5. The lowest BCUT2D eigenvalue weighted by molar-refractivity contribution is -0.134. The second-order valence-corrected chi connectivity index (χ2v) is 4.09. The van der Waals surface area contributed by atoms with Crippen molar-refractivity contribution in [3.63, 3.8) is 0 Å². The number of nitrogens with zero attached hydrogens (tertiary/aromatic N) is 1. The largest absolute Gasteiger partial charge is 0.385 e. The molecule has 1 unspecified atom stereocenters. The van der Waals surface area contributed by atoms with Crippen LogP contribution >= 0.6 is 0 Å². The van der Waals surface area contributed by atoms with Gasteiger partial charge in [0.25, 0.3) is 0 Å². The Hall–Kier alpha value is -0.610. The summed E-state index contributed by atoms with van der Waals surface area (Å²) in [7, 11) is 1.69. The van der Waals surface area contributed by atoms with Crippen LogP contribution in [0.25, 0.3) is 0 Å². The van der Waals surface area contributed by atoms with E-state index in [9.17, 15) is 4.79 Å². The summed E-state index contributed by atoms with van der Waals surface area (Å²) in [5.74, 6) is 0.292. The van der Waals surface area contributed by atoms with Crippen LogP contribution in [0.15, 0.2) is 0 Å². The molecule has 4 heteroatoms. The van der Waals surface area contributed by atoms with Gasteiger partial charge in [-0.2, -0.15) is 0 Å². The Bertz CT molecular complexity index is 197. The van der Waals surface area contributed by atoms with Gasteiger partial charge in [-0.05, 0) is 19.8 Å². The molecule has 1 rings (SSSR count). The van der Waals surface area contributed by atoms with Gasteiger partial charge in [-0.15, -0.1) is 0 Å². The average molecular weight is 214 g/mol. The van der Waals surface area contributed by atoms with E-state index in [1.54, 1.807) is 7.11 Å². The van der Waals surface area contributed by atoms with Crippen LogP contribution < -0.4 is 5.32 Å². The Kier molecular flexibility index (Phi) is 5.65. The summed E-state index contributed by atoms with van der Waals surface area (Å²) in [5.41, 5.74) is 0. The normalized spacial score (nSPS) is 21.7. The van der Waals surface area contributed by atoms with Gasteiger partial charge in [-0.3, -0.25) is 4.79 Å². The fourth-order valence-corrected chi connectivity index (χ4v) is 1.88. The van der Waals surface area contributed by atoms with Crippen molar-refractivity contribution in [1.29, 1.82) is 0 Å². The molecule has 1 N–H and O–H groups in total. The fourth-order valence-electron chi connectivity index (χ4n) is 1.88. The SMILES string of the molecule is COCCCCC(=O)N1CCNCC1C. The standard InChI is InChI=1S/C11H22N2O2/c1-10-9-12-6-7-13(10)11(14)5-3-4-8-15-2/h10,12H,3-9H2,1-2H3. The van der Waals surface area contributed by atoms with Gasteiger partial charge in [0.15, 0.2) is 0 Å². The van der Waals surface area contributed by atoms with Crippen LogP contribution in [0.2, 0.25) is 0 Å². The molecule has 0 aromatic carbocycles. The van der Waals surface area contributed by atoms with E-state index in [1.165, 1.54) is 0 Å². The van der Waals surface area contributed by atoms with E-state index < -0.39 is 0 Å². The number of carbonyl (C=O) groups excluding carboxylic acids is 1. The maximum atomic E-state index is 11.8. The third-order valence-corrected chi connectivity index (χ3v) is 2.81. The minimum atomic E-state index is 0.292. The molecule has 1 atom stereocenters. The number of hydrogen-bond donors (Lipinski definition) is 1. The van der Waals surface area contributed by atoms with Crippen molar-refractivity contribution in [2.75, 3.05) is 33.4 Å². The number of hydrogen-bond acceptors (Lipinski definition) is 3. The van der Waals surface area contributed by atoms with Gasteiger partial charge in [0.1, 0.15) is 0 Å². The van der Waals surface area contributed by atoms with Crippen LogP contribution in [0.5, 0.6) is 0 Å². The van der Waals surface area contributed by atoms with Crippen molar-refractivity contribution < 1.29 is 9.53 Å². The van der Waals surface area contributed by atoms with Crippen molar-refractivity contribution in [3.05, 3.63) is 0 Å². The van der Waals surface area contributed by atoms with Gasteiger partial charge in [0.2, 0.25) is 5.91 Å². The Morgan fingerprint density at radius 2 is 2.33 bits per heavy atom. The van der Waals surface area contributed by atoms with Crippen molar-refractivity contribution >= 4 is 5.91 Å². The molecule has 1 aliphatic heterocycles. The second-order valence-electron chi connectivity index (χ2n) is 4.09. The third-order valence-electron chi connectivity index (χ3n) is 2.81. The van der Waals surface area contributed by atoms with Crippen molar-refractivity contribution in [3.8, 4) is 0 Å². The van der Waals surface area contributed by atoms with E-state index in [1.807, 2.05) is 4.90 Å². The Labute approximate surface area is 92.0 Å². The zero-order chi connectivity index (χ0) is 11.1. The second kappa shape index (κ2) is 6.80. The van der Waals surface area contributed by atoms with Crippen molar-refractivity contribution in [2.45, 2.75) is 32.2 Å². The molecule has 0 radical (unpaired) electrons. The van der Waals surface area contributed by atoms with Crippen molar-refractivity contribution in [2.24, 2.45) is 0 Å². The first kappa shape index (κ1) is 12.5. The molecular weight excluding hydrogens is 192 g/mol. The molecule has 4 nitrogen and oxygen atoms in total. The zero-order valence-electron chi connectivity index (χ0n) is 9.79. The average Bonchev–Trinajstić information content (AvgIpc) is 2.25. The molecule has 0 spiro atoms. The first-order chi connectivity index (χ1) is 7.25. The number of ether oxygens (including phenoxy) is 1. The molecule has 0 saturated carbocycles. The first-order valence-corrected chi connectivity index (χ1v) is 5.75. The smallest absolute Gasteiger partial charge is 0.222 e. The highest BCUT2D eigenvalue weighted by Crippen LogP contribution is 2.07. The molecule has 1 fully saturated rings. The third kappa shape index (κ3) is 4.18. The number of nitrogens with one attached hydrogen (secondary N) is 1. The lowest BCUT2D eigenvalue weighted by atomic mass is 10.1. The van der Waals surface area contributed by atoms with Gasteiger partial charge >= 0.3 is 0 Å². The number of unbranched alkanes of at least 4 members (excludes halogenated alkanes) is 1. The summed E-state index contributed by atoms with van der Waals surface area (Å²) < 4.78 is 4.96. The van der Waals surface area contributed by atoms with Gasteiger partial charge in [0, 0.05) is 45.8 Å². The van der Waals surface area contributed by atoms with E-state index in [0.717, 1.165) is 39.1 Å². The highest BCUT2D eigenvalue weighted by Gasteiger charge is 2.21. The number of methoxy groups -OCH3 is 1. The summed E-state index contributed by atoms with van der Waals surface area (Å²) in [6, 6.07) is 0.341. The molecule has 88 valence electrons. The van der Waals surface area contributed by atoms with Crippen LogP contribution in [-0.2, 0) is 9.53 Å². The van der Waals surface area contributed by atoms with E-state index in [-0.39, 0.29) is 0 Å². The monoisotopic (exact) mass is 214 g/mol. The minimum absolute atomic E-state index is 0.292. The number of amides is 1. The summed E-state index contributed by atoms with van der Waals surface area (Å²) >= 11 is 0. The summed E-state index contributed by atoms with van der Waals surface area (Å²) in [4.78, 5) is 13.8. The van der Waals surface area contributed by atoms with Gasteiger partial charge in [-0.1, -0.05) is 0 Å². The van der Waals surface area contributed by atoms with E-state index in [0.29, 0.717) is 18.4 Å². The highest BCUT2D eigenvalue weighted by molar-refractivity contribution is 5.76. The van der Waals surface area contributed by atoms with Gasteiger partial charge in [-0.25, -0.2) is 0 Å². The predicted molar refractivity (Wildman–Crippen MR) is 59.8 cm³/mol. The Balaban J connectivity index is 2.20. The van der Waals surface area contributed by atoms with E-state index >= 15 is 0 Å². The molecule has 1 saturated heterocycles. The molecule has 1 heterocycles. The molecule has 0 aromatic rings. The van der Waals surface area contributed by atoms with Gasteiger partial charge < -0.3 is 15.0 Å². The molecule has 15 heavy (non-hydrogen) atoms. The maximum absolute atomic E-state index is 11.8. The molecular formula is C11H22N2O2. The molecule has 0 aliphatic carbocycles. The predicted octanol–water partition coefficient (Wildman–Crippen LogP) is 0.623.